The van der Waals surface area contributed by atoms with Gasteiger partial charge in [0, 0.05) is 7.05 Å². The number of nitrogens with zero attached hydrogens (tertiary/aromatic N) is 7. The molecule has 0 aromatic carbocycles. The molecule has 2 heterocycles. The Morgan fingerprint density at radius 2 is 1.20 bits per heavy atom. The molecule has 2 aromatic rings. The van der Waals surface area contributed by atoms with Crippen molar-refractivity contribution in [3.8, 4) is 0 Å². The van der Waals surface area contributed by atoms with Gasteiger partial charge in [-0.15, -0.1) is 0 Å². The Bertz CT molecular complexity index is 572. The van der Waals surface area contributed by atoms with Crippen LogP contribution in [-0.2, 0) is 0 Å². The van der Waals surface area contributed by atoms with E-state index in [1.807, 2.05) is 39.6 Å². The summed E-state index contributed by atoms with van der Waals surface area (Å²) in [5, 5.41) is 3.13. The summed E-state index contributed by atoms with van der Waals surface area (Å²) in [7, 11) is 1.89. The van der Waals surface area contributed by atoms with Crippen LogP contribution in [0.5, 0.6) is 0 Å². The van der Waals surface area contributed by atoms with Gasteiger partial charge in [-0.1, -0.05) is 0 Å². The summed E-state index contributed by atoms with van der Waals surface area (Å²) in [6.07, 6.45) is 0. The highest BCUT2D eigenvalue weighted by Crippen LogP contribution is 2.06. The van der Waals surface area contributed by atoms with Crippen molar-refractivity contribution in [3.05, 3.63) is 23.3 Å². The lowest BCUT2D eigenvalue weighted by Gasteiger charge is -2.18. The third-order valence-corrected chi connectivity index (χ3v) is 2.52. The molecule has 0 atom stereocenters. The molecule has 0 amide bonds. The molecule has 2 aromatic heterocycles. The predicted octanol–water partition coefficient (Wildman–Crippen LogP) is 0.796. The molecule has 8 nitrogen and oxygen atoms in total. The zero-order chi connectivity index (χ0) is 14.7. The molecule has 20 heavy (non-hydrogen) atoms. The standard InChI is InChI=1S/C12H18N8/c1-7-14-8(2)17-11(16-7)13-6-20(5)12-18-9(3)15-10(4)19-12/h6H2,1-5H3,(H,13,14,16,17). The number of aryl methyl sites for hydroxylation is 4. The molecular formula is C12H18N8. The molecule has 0 aliphatic rings. The van der Waals surface area contributed by atoms with Gasteiger partial charge in [0.05, 0.1) is 6.67 Å². The van der Waals surface area contributed by atoms with Crippen molar-refractivity contribution in [2.75, 3.05) is 23.9 Å². The molecule has 0 fully saturated rings. The minimum atomic E-state index is 0.492. The Labute approximate surface area is 117 Å². The second kappa shape index (κ2) is 5.72. The van der Waals surface area contributed by atoms with E-state index < -0.39 is 0 Å². The molecule has 0 bridgehead atoms. The van der Waals surface area contributed by atoms with E-state index >= 15 is 0 Å². The summed E-state index contributed by atoms with van der Waals surface area (Å²) >= 11 is 0. The molecule has 0 spiro atoms. The average molecular weight is 274 g/mol. The highest BCUT2D eigenvalue weighted by atomic mass is 15.3. The fraction of sp³-hybridized carbons (Fsp3) is 0.500. The van der Waals surface area contributed by atoms with E-state index in [0.717, 1.165) is 0 Å². The normalized spacial score (nSPS) is 10.4. The third kappa shape index (κ3) is 3.56. The largest absolute Gasteiger partial charge is 0.336 e. The fourth-order valence-electron chi connectivity index (χ4n) is 1.72. The maximum Gasteiger partial charge on any atom is 0.229 e. The molecule has 106 valence electrons. The Kier molecular flexibility index (Phi) is 4.02. The van der Waals surface area contributed by atoms with Crippen LogP contribution in [0.3, 0.4) is 0 Å². The van der Waals surface area contributed by atoms with Gasteiger partial charge in [-0.05, 0) is 27.7 Å². The van der Waals surface area contributed by atoms with Crippen molar-refractivity contribution in [2.24, 2.45) is 0 Å². The summed E-state index contributed by atoms with van der Waals surface area (Å²) in [5.74, 6) is 3.94. The average Bonchev–Trinajstić information content (AvgIpc) is 2.33. The van der Waals surface area contributed by atoms with Gasteiger partial charge in [-0.3, -0.25) is 0 Å². The van der Waals surface area contributed by atoms with Crippen LogP contribution in [0, 0.1) is 27.7 Å². The second-order valence-corrected chi connectivity index (χ2v) is 4.52. The lowest BCUT2D eigenvalue weighted by Crippen LogP contribution is -2.28. The molecule has 0 saturated heterocycles. The highest BCUT2D eigenvalue weighted by molar-refractivity contribution is 5.32. The van der Waals surface area contributed by atoms with Gasteiger partial charge >= 0.3 is 0 Å². The minimum absolute atomic E-state index is 0.492. The van der Waals surface area contributed by atoms with Crippen molar-refractivity contribution in [3.63, 3.8) is 0 Å². The topological polar surface area (TPSA) is 92.6 Å². The van der Waals surface area contributed by atoms with E-state index in [0.29, 0.717) is 41.9 Å². The first-order chi connectivity index (χ1) is 9.44. The number of anilines is 2. The molecular weight excluding hydrogens is 256 g/mol. The quantitative estimate of drug-likeness (QED) is 0.818. The Balaban J connectivity index is 2.06. The first kappa shape index (κ1) is 14.0. The number of nitrogens with one attached hydrogen (secondary N) is 1. The van der Waals surface area contributed by atoms with E-state index in [4.69, 9.17) is 0 Å². The van der Waals surface area contributed by atoms with E-state index in [1.54, 1.807) is 0 Å². The lowest BCUT2D eigenvalue weighted by molar-refractivity contribution is 0.832. The fourth-order valence-corrected chi connectivity index (χ4v) is 1.72. The van der Waals surface area contributed by atoms with E-state index in [1.165, 1.54) is 0 Å². The van der Waals surface area contributed by atoms with Crippen molar-refractivity contribution in [1.82, 2.24) is 29.9 Å². The Hall–Kier alpha value is -2.38. The molecule has 0 saturated carbocycles. The van der Waals surface area contributed by atoms with Gasteiger partial charge in [-0.25, -0.2) is 9.97 Å². The van der Waals surface area contributed by atoms with Crippen LogP contribution in [0.25, 0.3) is 0 Å². The van der Waals surface area contributed by atoms with Crippen LogP contribution in [0.4, 0.5) is 11.9 Å². The number of hydrogen-bond donors (Lipinski definition) is 1. The summed E-state index contributed by atoms with van der Waals surface area (Å²) in [4.78, 5) is 27.2. The molecule has 0 aliphatic carbocycles. The van der Waals surface area contributed by atoms with Gasteiger partial charge in [-0.2, -0.15) is 19.9 Å². The van der Waals surface area contributed by atoms with Gasteiger partial charge < -0.3 is 10.2 Å². The second-order valence-electron chi connectivity index (χ2n) is 4.52. The maximum atomic E-state index is 4.29. The highest BCUT2D eigenvalue weighted by Gasteiger charge is 2.07. The number of aromatic nitrogens is 6. The predicted molar refractivity (Wildman–Crippen MR) is 75.5 cm³/mol. The zero-order valence-electron chi connectivity index (χ0n) is 12.3. The molecule has 0 unspecified atom stereocenters. The Morgan fingerprint density at radius 1 is 0.750 bits per heavy atom. The summed E-state index contributed by atoms with van der Waals surface area (Å²) in [6.45, 7) is 7.85. The van der Waals surface area contributed by atoms with Crippen molar-refractivity contribution in [2.45, 2.75) is 27.7 Å². The van der Waals surface area contributed by atoms with E-state index in [-0.39, 0.29) is 0 Å². The Morgan fingerprint density at radius 3 is 1.70 bits per heavy atom. The van der Waals surface area contributed by atoms with Crippen LogP contribution < -0.4 is 10.2 Å². The molecule has 0 radical (unpaired) electrons. The van der Waals surface area contributed by atoms with Crippen molar-refractivity contribution in [1.29, 1.82) is 0 Å². The van der Waals surface area contributed by atoms with Crippen LogP contribution in [0.1, 0.15) is 23.3 Å². The molecule has 0 aliphatic heterocycles. The van der Waals surface area contributed by atoms with Gasteiger partial charge in [0.25, 0.3) is 0 Å². The molecule has 2 rings (SSSR count). The monoisotopic (exact) mass is 274 g/mol. The van der Waals surface area contributed by atoms with Gasteiger partial charge in [0.1, 0.15) is 23.3 Å². The van der Waals surface area contributed by atoms with Crippen LogP contribution >= 0.6 is 0 Å². The third-order valence-electron chi connectivity index (χ3n) is 2.52. The van der Waals surface area contributed by atoms with Crippen molar-refractivity contribution >= 4 is 11.9 Å². The van der Waals surface area contributed by atoms with Gasteiger partial charge in [0.15, 0.2) is 0 Å². The summed E-state index contributed by atoms with van der Waals surface area (Å²) < 4.78 is 0. The zero-order valence-corrected chi connectivity index (χ0v) is 12.3. The SMILES string of the molecule is Cc1nc(C)nc(NCN(C)c2nc(C)nc(C)n2)n1. The number of rotatable bonds is 4. The van der Waals surface area contributed by atoms with Gasteiger partial charge in [0.2, 0.25) is 11.9 Å². The van der Waals surface area contributed by atoms with Crippen LogP contribution in [-0.4, -0.2) is 43.6 Å². The maximum absolute atomic E-state index is 4.29. The van der Waals surface area contributed by atoms with Crippen molar-refractivity contribution < 1.29 is 0 Å². The first-order valence-corrected chi connectivity index (χ1v) is 6.27. The summed E-state index contributed by atoms with van der Waals surface area (Å²) in [6, 6.07) is 0. The van der Waals surface area contributed by atoms with Crippen LogP contribution in [0.2, 0.25) is 0 Å². The molecule has 8 heteroatoms. The number of hydrogen-bond acceptors (Lipinski definition) is 8. The lowest BCUT2D eigenvalue weighted by atomic mass is 10.6. The van der Waals surface area contributed by atoms with E-state index in [2.05, 4.69) is 35.2 Å². The minimum Gasteiger partial charge on any atom is -0.336 e. The summed E-state index contributed by atoms with van der Waals surface area (Å²) in [5.41, 5.74) is 0. The van der Waals surface area contributed by atoms with E-state index in [9.17, 15) is 0 Å². The van der Waals surface area contributed by atoms with Crippen LogP contribution in [0.15, 0.2) is 0 Å². The molecule has 1 N–H and O–H groups in total. The smallest absolute Gasteiger partial charge is 0.229 e. The first-order valence-electron chi connectivity index (χ1n) is 6.27.